The van der Waals surface area contributed by atoms with E-state index in [0.717, 1.165) is 0 Å². The van der Waals surface area contributed by atoms with Crippen molar-refractivity contribution in [1.82, 2.24) is 5.43 Å². The van der Waals surface area contributed by atoms with E-state index in [1.807, 2.05) is 0 Å². The third-order valence-corrected chi connectivity index (χ3v) is 3.15. The molecule has 0 unspecified atom stereocenters. The molecular weight excluding hydrogens is 316 g/mol. The van der Waals surface area contributed by atoms with Gasteiger partial charge in [0.15, 0.2) is 0 Å². The van der Waals surface area contributed by atoms with Crippen LogP contribution in [0, 0.1) is 20.2 Å². The van der Waals surface area contributed by atoms with Gasteiger partial charge in [-0.3, -0.25) is 25.0 Å². The van der Waals surface area contributed by atoms with E-state index < -0.39 is 15.8 Å². The minimum Gasteiger partial charge on any atom is -0.267 e. The summed E-state index contributed by atoms with van der Waals surface area (Å²) in [6.07, 6.45) is 0. The second kappa shape index (κ2) is 7.09. The summed E-state index contributed by atoms with van der Waals surface area (Å²) in [4.78, 5) is 32.5. The van der Waals surface area contributed by atoms with E-state index in [9.17, 15) is 25.0 Å². The maximum absolute atomic E-state index is 12.1. The number of non-ortho nitro benzene ring substituents is 1. The number of carbonyl (C=O) groups excluding carboxylic acids is 1. The molecule has 0 radical (unpaired) electrons. The van der Waals surface area contributed by atoms with Crippen LogP contribution < -0.4 is 5.43 Å². The van der Waals surface area contributed by atoms with Crippen molar-refractivity contribution in [3.63, 3.8) is 0 Å². The van der Waals surface area contributed by atoms with Crippen LogP contribution in [-0.2, 0) is 0 Å². The van der Waals surface area contributed by atoms with E-state index in [0.29, 0.717) is 11.3 Å². The summed E-state index contributed by atoms with van der Waals surface area (Å²) in [6.45, 7) is 1.55. The van der Waals surface area contributed by atoms with Crippen molar-refractivity contribution in [2.24, 2.45) is 5.10 Å². The average molecular weight is 328 g/mol. The number of nitro groups is 2. The van der Waals surface area contributed by atoms with Crippen LogP contribution >= 0.6 is 0 Å². The third-order valence-electron chi connectivity index (χ3n) is 3.15. The highest BCUT2D eigenvalue weighted by Crippen LogP contribution is 2.17. The van der Waals surface area contributed by atoms with Crippen molar-refractivity contribution < 1.29 is 14.6 Å². The molecule has 0 spiro atoms. The van der Waals surface area contributed by atoms with Gasteiger partial charge < -0.3 is 0 Å². The normalized spacial score (nSPS) is 11.0. The number of rotatable bonds is 5. The molecule has 122 valence electrons. The number of amides is 1. The van der Waals surface area contributed by atoms with Crippen LogP contribution in [0.25, 0.3) is 0 Å². The van der Waals surface area contributed by atoms with Crippen molar-refractivity contribution in [2.45, 2.75) is 6.92 Å². The Bertz CT molecular complexity index is 847. The van der Waals surface area contributed by atoms with Gasteiger partial charge in [0.05, 0.1) is 15.6 Å². The Morgan fingerprint density at radius 2 is 1.75 bits per heavy atom. The molecule has 2 aromatic carbocycles. The molecule has 2 rings (SSSR count). The first-order valence-electron chi connectivity index (χ1n) is 6.73. The molecule has 0 aromatic heterocycles. The van der Waals surface area contributed by atoms with E-state index in [1.54, 1.807) is 13.0 Å². The number of nitrogens with one attached hydrogen (secondary N) is 1. The first-order valence-corrected chi connectivity index (χ1v) is 6.73. The summed E-state index contributed by atoms with van der Waals surface area (Å²) in [5, 5.41) is 25.5. The van der Waals surface area contributed by atoms with E-state index in [1.165, 1.54) is 42.5 Å². The Balaban J connectivity index is 2.21. The lowest BCUT2D eigenvalue weighted by molar-refractivity contribution is -0.385. The average Bonchev–Trinajstić information content (AvgIpc) is 2.59. The van der Waals surface area contributed by atoms with Gasteiger partial charge >= 0.3 is 0 Å². The Labute approximate surface area is 135 Å². The number of hydrogen-bond acceptors (Lipinski definition) is 6. The first kappa shape index (κ1) is 16.7. The van der Waals surface area contributed by atoms with Gasteiger partial charge in [-0.2, -0.15) is 5.10 Å². The molecule has 0 aliphatic carbocycles. The van der Waals surface area contributed by atoms with Gasteiger partial charge in [0.2, 0.25) is 0 Å². The zero-order chi connectivity index (χ0) is 17.7. The maximum Gasteiger partial charge on any atom is 0.282 e. The molecule has 2 aromatic rings. The van der Waals surface area contributed by atoms with Crippen molar-refractivity contribution in [2.75, 3.05) is 0 Å². The lowest BCUT2D eigenvalue weighted by atomic mass is 10.1. The van der Waals surface area contributed by atoms with Gasteiger partial charge in [-0.25, -0.2) is 5.43 Å². The van der Waals surface area contributed by atoms with E-state index in [-0.39, 0.29) is 16.9 Å². The molecule has 0 atom stereocenters. The molecule has 0 saturated carbocycles. The third kappa shape index (κ3) is 3.77. The Hall–Kier alpha value is -3.62. The highest BCUT2D eigenvalue weighted by Gasteiger charge is 2.18. The standard InChI is InChI=1S/C15H12N4O5/c1-10(11-5-4-6-12(9-11)18(21)22)16-17-15(20)13-7-2-3-8-14(13)19(23)24/h2-9H,1H3,(H,17,20). The molecule has 9 heteroatoms. The van der Waals surface area contributed by atoms with Gasteiger partial charge in [-0.1, -0.05) is 24.3 Å². The second-order valence-corrected chi connectivity index (χ2v) is 4.72. The number of nitro benzene ring substituents is 2. The van der Waals surface area contributed by atoms with E-state index in [4.69, 9.17) is 0 Å². The topological polar surface area (TPSA) is 128 Å². The largest absolute Gasteiger partial charge is 0.282 e. The maximum atomic E-state index is 12.1. The zero-order valence-electron chi connectivity index (χ0n) is 12.5. The van der Waals surface area contributed by atoms with Crippen LogP contribution in [0.15, 0.2) is 53.6 Å². The predicted octanol–water partition coefficient (Wildman–Crippen LogP) is 2.66. The molecule has 9 nitrogen and oxygen atoms in total. The summed E-state index contributed by atoms with van der Waals surface area (Å²) in [7, 11) is 0. The highest BCUT2D eigenvalue weighted by molar-refractivity contribution is 6.02. The SMILES string of the molecule is CC(=NNC(=O)c1ccccc1[N+](=O)[O-])c1cccc([N+](=O)[O-])c1. The fraction of sp³-hybridized carbons (Fsp3) is 0.0667. The summed E-state index contributed by atoms with van der Waals surface area (Å²) >= 11 is 0. The lowest BCUT2D eigenvalue weighted by Crippen LogP contribution is -2.20. The number of nitrogens with zero attached hydrogens (tertiary/aromatic N) is 3. The molecule has 0 heterocycles. The molecule has 0 bridgehead atoms. The van der Waals surface area contributed by atoms with Crippen LogP contribution in [0.4, 0.5) is 11.4 Å². The summed E-state index contributed by atoms with van der Waals surface area (Å²) < 4.78 is 0. The molecule has 1 amide bonds. The van der Waals surface area contributed by atoms with Crippen LogP contribution in [0.1, 0.15) is 22.8 Å². The van der Waals surface area contributed by atoms with Gasteiger partial charge in [-0.05, 0) is 13.0 Å². The van der Waals surface area contributed by atoms with Crippen molar-refractivity contribution in [3.8, 4) is 0 Å². The van der Waals surface area contributed by atoms with Crippen LogP contribution in [0.2, 0.25) is 0 Å². The van der Waals surface area contributed by atoms with Gasteiger partial charge in [0.1, 0.15) is 5.56 Å². The Morgan fingerprint density at radius 1 is 1.04 bits per heavy atom. The zero-order valence-corrected chi connectivity index (χ0v) is 12.5. The van der Waals surface area contributed by atoms with Crippen LogP contribution in [-0.4, -0.2) is 21.5 Å². The minimum atomic E-state index is -0.743. The summed E-state index contributed by atoms with van der Waals surface area (Å²) in [6, 6.07) is 11.2. The summed E-state index contributed by atoms with van der Waals surface area (Å²) in [5.74, 6) is -0.743. The number of benzene rings is 2. The molecule has 1 N–H and O–H groups in total. The molecule has 0 saturated heterocycles. The van der Waals surface area contributed by atoms with E-state index >= 15 is 0 Å². The lowest BCUT2D eigenvalue weighted by Gasteiger charge is -2.04. The Morgan fingerprint density at radius 3 is 2.42 bits per heavy atom. The minimum absolute atomic E-state index is 0.105. The number of hydrazone groups is 1. The quantitative estimate of drug-likeness (QED) is 0.512. The molecular formula is C15H12N4O5. The van der Waals surface area contributed by atoms with Gasteiger partial charge in [0.25, 0.3) is 17.3 Å². The number of hydrogen-bond donors (Lipinski definition) is 1. The van der Waals surface area contributed by atoms with Crippen LogP contribution in [0.3, 0.4) is 0 Å². The molecule has 0 aliphatic heterocycles. The molecule has 0 aliphatic rings. The molecule has 0 fully saturated rings. The smallest absolute Gasteiger partial charge is 0.267 e. The van der Waals surface area contributed by atoms with E-state index in [2.05, 4.69) is 10.5 Å². The van der Waals surface area contributed by atoms with Crippen LogP contribution in [0.5, 0.6) is 0 Å². The fourth-order valence-electron chi connectivity index (χ4n) is 1.93. The number of carbonyl (C=O) groups is 1. The van der Waals surface area contributed by atoms with Crippen molar-refractivity contribution in [3.05, 3.63) is 79.9 Å². The highest BCUT2D eigenvalue weighted by atomic mass is 16.6. The monoisotopic (exact) mass is 328 g/mol. The van der Waals surface area contributed by atoms with Crippen molar-refractivity contribution >= 4 is 23.0 Å². The molecule has 24 heavy (non-hydrogen) atoms. The number of para-hydroxylation sites is 1. The van der Waals surface area contributed by atoms with Crippen molar-refractivity contribution in [1.29, 1.82) is 0 Å². The predicted molar refractivity (Wildman–Crippen MR) is 85.9 cm³/mol. The van der Waals surface area contributed by atoms with Gasteiger partial charge in [0, 0.05) is 23.8 Å². The Kier molecular flexibility index (Phi) is 4.95. The summed E-state index contributed by atoms with van der Waals surface area (Å²) in [5.41, 5.74) is 2.43. The fourth-order valence-corrected chi connectivity index (χ4v) is 1.93. The van der Waals surface area contributed by atoms with Gasteiger partial charge in [-0.15, -0.1) is 0 Å². The second-order valence-electron chi connectivity index (χ2n) is 4.72. The first-order chi connectivity index (χ1) is 11.4.